The van der Waals surface area contributed by atoms with E-state index in [1.165, 1.54) is 0 Å². The minimum Gasteiger partial charge on any atom is -0.312 e. The molecule has 2 atom stereocenters. The summed E-state index contributed by atoms with van der Waals surface area (Å²) >= 11 is 0. The topological polar surface area (TPSA) is 12.0 Å². The van der Waals surface area contributed by atoms with E-state index in [1.54, 1.807) is 6.07 Å². The van der Waals surface area contributed by atoms with Gasteiger partial charge in [-0.25, -0.2) is 4.39 Å². The molecule has 1 saturated carbocycles. The first-order chi connectivity index (χ1) is 8.22. The quantitative estimate of drug-likeness (QED) is 0.859. The average Bonchev–Trinajstić information content (AvgIpc) is 2.91. The molecule has 1 nitrogen and oxygen atoms in total. The van der Waals surface area contributed by atoms with Gasteiger partial charge >= 0.3 is 0 Å². The molecular formula is C16H24FN. The van der Waals surface area contributed by atoms with Gasteiger partial charge in [0.15, 0.2) is 0 Å². The summed E-state index contributed by atoms with van der Waals surface area (Å²) in [6.07, 6.45) is 1.15. The van der Waals surface area contributed by atoms with Gasteiger partial charge in [0.25, 0.3) is 0 Å². The molecule has 1 N–H and O–H groups in total. The van der Waals surface area contributed by atoms with Crippen molar-refractivity contribution < 1.29 is 4.39 Å². The van der Waals surface area contributed by atoms with Crippen LogP contribution in [-0.2, 0) is 5.41 Å². The normalized spacial score (nSPS) is 27.3. The van der Waals surface area contributed by atoms with Gasteiger partial charge < -0.3 is 5.32 Å². The molecule has 2 rings (SSSR count). The van der Waals surface area contributed by atoms with Crippen molar-refractivity contribution in [3.63, 3.8) is 0 Å². The Morgan fingerprint density at radius 1 is 1.39 bits per heavy atom. The summed E-state index contributed by atoms with van der Waals surface area (Å²) in [6, 6.07) is 5.68. The van der Waals surface area contributed by atoms with E-state index in [0.29, 0.717) is 5.92 Å². The number of benzene rings is 1. The summed E-state index contributed by atoms with van der Waals surface area (Å²) in [5, 5.41) is 3.54. The number of halogens is 1. The Bertz CT molecular complexity index is 447. The first-order valence-corrected chi connectivity index (χ1v) is 6.74. The van der Waals surface area contributed by atoms with Crippen molar-refractivity contribution in [1.82, 2.24) is 5.32 Å². The number of rotatable bonds is 3. The third kappa shape index (κ3) is 2.74. The molecule has 1 aliphatic carbocycles. The van der Waals surface area contributed by atoms with Crippen molar-refractivity contribution in [3.8, 4) is 0 Å². The molecule has 1 aromatic carbocycles. The van der Waals surface area contributed by atoms with Crippen LogP contribution in [-0.4, -0.2) is 12.1 Å². The van der Waals surface area contributed by atoms with Crippen LogP contribution < -0.4 is 5.32 Å². The molecule has 1 aliphatic rings. The number of aryl methyl sites for hydroxylation is 1. The van der Waals surface area contributed by atoms with Gasteiger partial charge in [0.2, 0.25) is 0 Å². The van der Waals surface area contributed by atoms with E-state index in [4.69, 9.17) is 0 Å². The fraction of sp³-hybridized carbons (Fsp3) is 0.625. The van der Waals surface area contributed by atoms with Crippen LogP contribution in [0.3, 0.4) is 0 Å². The molecule has 18 heavy (non-hydrogen) atoms. The molecule has 2 unspecified atom stereocenters. The highest BCUT2D eigenvalue weighted by Crippen LogP contribution is 2.53. The van der Waals surface area contributed by atoms with Crippen molar-refractivity contribution in [1.29, 1.82) is 0 Å². The smallest absolute Gasteiger partial charge is 0.126 e. The molecule has 0 radical (unpaired) electrons. The molecule has 2 heteroatoms. The van der Waals surface area contributed by atoms with Crippen LogP contribution in [0.2, 0.25) is 0 Å². The Morgan fingerprint density at radius 2 is 2.06 bits per heavy atom. The second kappa shape index (κ2) is 4.34. The predicted molar refractivity (Wildman–Crippen MR) is 74.4 cm³/mol. The third-order valence-corrected chi connectivity index (χ3v) is 4.12. The van der Waals surface area contributed by atoms with Crippen molar-refractivity contribution >= 4 is 0 Å². The number of hydrogen-bond acceptors (Lipinski definition) is 1. The molecule has 0 amide bonds. The molecule has 0 bridgehead atoms. The second-order valence-electron chi connectivity index (χ2n) is 6.91. The van der Waals surface area contributed by atoms with Crippen molar-refractivity contribution in [3.05, 3.63) is 35.1 Å². The van der Waals surface area contributed by atoms with E-state index in [9.17, 15) is 4.39 Å². The average molecular weight is 249 g/mol. The fourth-order valence-corrected chi connectivity index (χ4v) is 2.48. The van der Waals surface area contributed by atoms with Gasteiger partial charge in [-0.2, -0.15) is 0 Å². The molecule has 0 spiro atoms. The molecule has 0 aliphatic heterocycles. The van der Waals surface area contributed by atoms with E-state index in [0.717, 1.165) is 24.1 Å². The van der Waals surface area contributed by atoms with Crippen molar-refractivity contribution in [2.24, 2.45) is 5.92 Å². The molecule has 0 aromatic heterocycles. The highest BCUT2D eigenvalue weighted by Gasteiger charge is 2.51. The Morgan fingerprint density at radius 3 is 2.61 bits per heavy atom. The Hall–Kier alpha value is -0.890. The summed E-state index contributed by atoms with van der Waals surface area (Å²) in [4.78, 5) is 0. The Labute approximate surface area is 110 Å². The van der Waals surface area contributed by atoms with Gasteiger partial charge in [-0.15, -0.1) is 0 Å². The van der Waals surface area contributed by atoms with Crippen LogP contribution in [0.15, 0.2) is 18.2 Å². The van der Waals surface area contributed by atoms with Gasteiger partial charge in [0.1, 0.15) is 5.82 Å². The highest BCUT2D eigenvalue weighted by atomic mass is 19.1. The zero-order chi connectivity index (χ0) is 13.6. The van der Waals surface area contributed by atoms with Gasteiger partial charge in [0, 0.05) is 5.54 Å². The maximum Gasteiger partial charge on any atom is 0.126 e. The minimum absolute atomic E-state index is 0.0804. The lowest BCUT2D eigenvalue weighted by Crippen LogP contribution is -2.37. The zero-order valence-electron chi connectivity index (χ0n) is 12.1. The van der Waals surface area contributed by atoms with Crippen LogP contribution in [0.5, 0.6) is 0 Å². The lowest BCUT2D eigenvalue weighted by atomic mass is 9.94. The first kappa shape index (κ1) is 13.5. The van der Waals surface area contributed by atoms with Gasteiger partial charge in [0.05, 0.1) is 0 Å². The van der Waals surface area contributed by atoms with Crippen LogP contribution in [0, 0.1) is 18.7 Å². The highest BCUT2D eigenvalue weighted by molar-refractivity contribution is 5.35. The van der Waals surface area contributed by atoms with Crippen molar-refractivity contribution in [2.75, 3.05) is 6.54 Å². The molecular weight excluding hydrogens is 225 g/mol. The predicted octanol–water partition coefficient (Wildman–Crippen LogP) is 3.80. The van der Waals surface area contributed by atoms with Gasteiger partial charge in [-0.3, -0.25) is 0 Å². The molecule has 0 heterocycles. The van der Waals surface area contributed by atoms with Crippen LogP contribution in [0.4, 0.5) is 4.39 Å². The monoisotopic (exact) mass is 249 g/mol. The molecule has 100 valence electrons. The van der Waals surface area contributed by atoms with E-state index in [1.807, 2.05) is 13.0 Å². The van der Waals surface area contributed by atoms with E-state index in [-0.39, 0.29) is 16.8 Å². The third-order valence-electron chi connectivity index (χ3n) is 4.12. The largest absolute Gasteiger partial charge is 0.312 e. The van der Waals surface area contributed by atoms with Gasteiger partial charge in [-0.1, -0.05) is 19.1 Å². The lowest BCUT2D eigenvalue weighted by molar-refractivity contribution is 0.406. The summed E-state index contributed by atoms with van der Waals surface area (Å²) in [7, 11) is 0. The van der Waals surface area contributed by atoms with Gasteiger partial charge in [-0.05, 0) is 69.2 Å². The van der Waals surface area contributed by atoms with Crippen LogP contribution >= 0.6 is 0 Å². The second-order valence-corrected chi connectivity index (χ2v) is 6.91. The maximum absolute atomic E-state index is 13.6. The SMILES string of the molecule is Cc1ccc(C2(C)CC2CNC(C)(C)C)cc1F. The summed E-state index contributed by atoms with van der Waals surface area (Å²) in [5.74, 6) is 0.544. The fourth-order valence-electron chi connectivity index (χ4n) is 2.48. The summed E-state index contributed by atoms with van der Waals surface area (Å²) < 4.78 is 13.6. The standard InChI is InChI=1S/C16H24FN/c1-11-6-7-12(8-14(11)17)16(5)9-13(16)10-18-15(2,3)4/h6-8,13,18H,9-10H2,1-5H3. The Balaban J connectivity index is 2.04. The summed E-state index contributed by atoms with van der Waals surface area (Å²) in [6.45, 7) is 11.6. The number of nitrogens with one attached hydrogen (secondary N) is 1. The molecule has 1 fully saturated rings. The van der Waals surface area contributed by atoms with Crippen molar-refractivity contribution in [2.45, 2.75) is 52.0 Å². The van der Waals surface area contributed by atoms with Crippen LogP contribution in [0.1, 0.15) is 45.2 Å². The maximum atomic E-state index is 13.6. The lowest BCUT2D eigenvalue weighted by Gasteiger charge is -2.22. The molecule has 0 saturated heterocycles. The summed E-state index contributed by atoms with van der Waals surface area (Å²) in [5.41, 5.74) is 2.19. The molecule has 1 aromatic rings. The van der Waals surface area contributed by atoms with E-state index < -0.39 is 0 Å². The van der Waals surface area contributed by atoms with E-state index >= 15 is 0 Å². The minimum atomic E-state index is -0.0804. The van der Waals surface area contributed by atoms with Crippen LogP contribution in [0.25, 0.3) is 0 Å². The number of hydrogen-bond donors (Lipinski definition) is 1. The first-order valence-electron chi connectivity index (χ1n) is 6.74. The zero-order valence-corrected chi connectivity index (χ0v) is 12.1. The van der Waals surface area contributed by atoms with E-state index in [2.05, 4.69) is 39.1 Å². The Kier molecular flexibility index (Phi) is 3.26.